The van der Waals surface area contributed by atoms with Crippen LogP contribution in [0.1, 0.15) is 18.5 Å². The van der Waals surface area contributed by atoms with Crippen LogP contribution in [0.5, 0.6) is 0 Å². The van der Waals surface area contributed by atoms with Gasteiger partial charge in [0.05, 0.1) is 0 Å². The van der Waals surface area contributed by atoms with E-state index in [2.05, 4.69) is 22.4 Å². The smallest absolute Gasteiger partial charge is 0.225 e. The fraction of sp³-hybridized carbons (Fsp3) is 0.250. The summed E-state index contributed by atoms with van der Waals surface area (Å²) in [7, 11) is 0. The highest BCUT2D eigenvalue weighted by Gasteiger charge is 2.03. The second kappa shape index (κ2) is 7.70. The minimum absolute atomic E-state index is 0.0248. The van der Waals surface area contributed by atoms with Gasteiger partial charge in [-0.05, 0) is 43.4 Å². The van der Waals surface area contributed by atoms with Crippen molar-refractivity contribution in [1.82, 2.24) is 4.98 Å². The molecule has 0 radical (unpaired) electrons. The Morgan fingerprint density at radius 2 is 1.95 bits per heavy atom. The molecule has 0 fully saturated rings. The number of thioether (sulfide) groups is 1. The number of nitrogens with zero attached hydrogens (tertiary/aromatic N) is 1. The van der Waals surface area contributed by atoms with Crippen LogP contribution < -0.4 is 5.32 Å². The van der Waals surface area contributed by atoms with Gasteiger partial charge in [-0.1, -0.05) is 24.3 Å². The molecule has 0 unspecified atom stereocenters. The molecule has 0 saturated carbocycles. The van der Waals surface area contributed by atoms with E-state index in [-0.39, 0.29) is 5.91 Å². The highest BCUT2D eigenvalue weighted by molar-refractivity contribution is 7.99. The molecule has 3 nitrogen and oxygen atoms in total. The summed E-state index contributed by atoms with van der Waals surface area (Å²) in [6, 6.07) is 15.8. The summed E-state index contributed by atoms with van der Waals surface area (Å²) in [5.41, 5.74) is 0.905. The lowest BCUT2D eigenvalue weighted by Gasteiger charge is -2.05. The summed E-state index contributed by atoms with van der Waals surface area (Å²) in [5, 5.41) is 2.82. The third kappa shape index (κ3) is 5.05. The number of hydrogen-bond acceptors (Lipinski definition) is 3. The van der Waals surface area contributed by atoms with Gasteiger partial charge in [-0.15, -0.1) is 11.8 Å². The molecule has 1 amide bonds. The van der Waals surface area contributed by atoms with Crippen molar-refractivity contribution >= 4 is 23.5 Å². The molecule has 2 aromatic rings. The zero-order valence-corrected chi connectivity index (χ0v) is 12.3. The van der Waals surface area contributed by atoms with Gasteiger partial charge in [-0.2, -0.15) is 0 Å². The average Bonchev–Trinajstić information content (AvgIpc) is 2.45. The minimum atomic E-state index is 0.0248. The van der Waals surface area contributed by atoms with Crippen LogP contribution in [0.3, 0.4) is 0 Å². The zero-order chi connectivity index (χ0) is 14.2. The van der Waals surface area contributed by atoms with Gasteiger partial charge in [-0.3, -0.25) is 4.79 Å². The molecule has 104 valence electrons. The molecule has 0 saturated heterocycles. The van der Waals surface area contributed by atoms with Crippen molar-refractivity contribution in [3.63, 3.8) is 0 Å². The maximum absolute atomic E-state index is 11.8. The Morgan fingerprint density at radius 1 is 1.15 bits per heavy atom. The maximum atomic E-state index is 11.8. The Bertz CT molecular complexity index is 557. The molecule has 0 spiro atoms. The Labute approximate surface area is 123 Å². The van der Waals surface area contributed by atoms with Crippen LogP contribution >= 0.6 is 11.8 Å². The topological polar surface area (TPSA) is 42.0 Å². The van der Waals surface area contributed by atoms with Crippen LogP contribution in [-0.2, 0) is 4.79 Å². The van der Waals surface area contributed by atoms with E-state index in [1.54, 1.807) is 11.8 Å². The predicted octanol–water partition coefficient (Wildman–Crippen LogP) is 3.90. The van der Waals surface area contributed by atoms with E-state index in [1.165, 1.54) is 4.90 Å². The van der Waals surface area contributed by atoms with Crippen LogP contribution in [0.25, 0.3) is 0 Å². The molecule has 1 heterocycles. The van der Waals surface area contributed by atoms with Gasteiger partial charge in [0, 0.05) is 17.0 Å². The molecule has 20 heavy (non-hydrogen) atoms. The monoisotopic (exact) mass is 286 g/mol. The van der Waals surface area contributed by atoms with E-state index >= 15 is 0 Å². The molecule has 2 rings (SSSR count). The summed E-state index contributed by atoms with van der Waals surface area (Å²) >= 11 is 1.78. The molecule has 0 aliphatic heterocycles. The molecule has 4 heteroatoms. The molecule has 0 atom stereocenters. The van der Waals surface area contributed by atoms with Gasteiger partial charge in [-0.25, -0.2) is 4.98 Å². The third-order valence-electron chi connectivity index (χ3n) is 2.72. The summed E-state index contributed by atoms with van der Waals surface area (Å²) in [6.07, 6.45) is 1.38. The first kappa shape index (κ1) is 14.6. The normalized spacial score (nSPS) is 10.2. The summed E-state index contributed by atoms with van der Waals surface area (Å²) in [5.74, 6) is 1.60. The number of hydrogen-bond donors (Lipinski definition) is 1. The van der Waals surface area contributed by atoms with Crippen molar-refractivity contribution < 1.29 is 4.79 Å². The second-order valence-electron chi connectivity index (χ2n) is 4.48. The fourth-order valence-corrected chi connectivity index (χ4v) is 2.63. The molecule has 1 N–H and O–H groups in total. The van der Waals surface area contributed by atoms with E-state index in [9.17, 15) is 4.79 Å². The Balaban J connectivity index is 1.68. The van der Waals surface area contributed by atoms with E-state index in [0.717, 1.165) is 17.9 Å². The Kier molecular flexibility index (Phi) is 5.62. The first-order valence-electron chi connectivity index (χ1n) is 6.65. The van der Waals surface area contributed by atoms with E-state index in [0.29, 0.717) is 12.2 Å². The summed E-state index contributed by atoms with van der Waals surface area (Å²) in [4.78, 5) is 17.3. The molecule has 0 aliphatic rings. The molecule has 0 aliphatic carbocycles. The van der Waals surface area contributed by atoms with Crippen LogP contribution in [0.2, 0.25) is 0 Å². The van der Waals surface area contributed by atoms with Gasteiger partial charge < -0.3 is 5.32 Å². The largest absolute Gasteiger partial charge is 0.311 e. The highest BCUT2D eigenvalue weighted by atomic mass is 32.2. The first-order chi connectivity index (χ1) is 9.74. The highest BCUT2D eigenvalue weighted by Crippen LogP contribution is 2.18. The number of nitrogens with one attached hydrogen (secondary N) is 1. The molecular formula is C16H18N2OS. The number of benzene rings is 1. The van der Waals surface area contributed by atoms with Gasteiger partial charge >= 0.3 is 0 Å². The van der Waals surface area contributed by atoms with Crippen LogP contribution in [-0.4, -0.2) is 16.6 Å². The number of amides is 1. The maximum Gasteiger partial charge on any atom is 0.225 e. The summed E-state index contributed by atoms with van der Waals surface area (Å²) < 4.78 is 0. The van der Waals surface area contributed by atoms with Crippen molar-refractivity contribution in [2.24, 2.45) is 0 Å². The van der Waals surface area contributed by atoms with Crippen LogP contribution in [0.15, 0.2) is 53.4 Å². The fourth-order valence-electron chi connectivity index (χ4n) is 1.76. The number of rotatable bonds is 6. The summed E-state index contributed by atoms with van der Waals surface area (Å²) in [6.45, 7) is 1.91. The van der Waals surface area contributed by atoms with Crippen LogP contribution in [0.4, 0.5) is 5.82 Å². The van der Waals surface area contributed by atoms with Gasteiger partial charge in [0.25, 0.3) is 0 Å². The quantitative estimate of drug-likeness (QED) is 0.647. The lowest BCUT2D eigenvalue weighted by Crippen LogP contribution is -2.12. The van der Waals surface area contributed by atoms with Gasteiger partial charge in [0.15, 0.2) is 0 Å². The van der Waals surface area contributed by atoms with Crippen LogP contribution in [0, 0.1) is 6.92 Å². The predicted molar refractivity (Wildman–Crippen MR) is 84.0 cm³/mol. The molecule has 1 aromatic carbocycles. The van der Waals surface area contributed by atoms with E-state index < -0.39 is 0 Å². The first-order valence-corrected chi connectivity index (χ1v) is 7.64. The lowest BCUT2D eigenvalue weighted by molar-refractivity contribution is -0.116. The Hall–Kier alpha value is -1.81. The van der Waals surface area contributed by atoms with Crippen molar-refractivity contribution in [2.75, 3.05) is 11.1 Å². The van der Waals surface area contributed by atoms with E-state index in [1.807, 2.05) is 43.3 Å². The number of pyridine rings is 1. The second-order valence-corrected chi connectivity index (χ2v) is 5.65. The third-order valence-corrected chi connectivity index (χ3v) is 3.81. The van der Waals surface area contributed by atoms with Gasteiger partial charge in [0.2, 0.25) is 5.91 Å². The standard InChI is InChI=1S/C16H18N2OS/c1-13-7-5-10-15(17-13)18-16(19)11-6-12-20-14-8-3-2-4-9-14/h2-5,7-10H,6,11-12H2,1H3,(H,17,18,19). The Morgan fingerprint density at radius 3 is 2.70 bits per heavy atom. The molecule has 1 aromatic heterocycles. The number of aromatic nitrogens is 1. The SMILES string of the molecule is Cc1cccc(NC(=O)CCCSc2ccccc2)n1. The number of aryl methyl sites for hydroxylation is 1. The van der Waals surface area contributed by atoms with Crippen molar-refractivity contribution in [2.45, 2.75) is 24.7 Å². The minimum Gasteiger partial charge on any atom is -0.311 e. The van der Waals surface area contributed by atoms with Crippen molar-refractivity contribution in [3.8, 4) is 0 Å². The van der Waals surface area contributed by atoms with E-state index in [4.69, 9.17) is 0 Å². The average molecular weight is 286 g/mol. The molecule has 0 bridgehead atoms. The van der Waals surface area contributed by atoms with Crippen molar-refractivity contribution in [1.29, 1.82) is 0 Å². The van der Waals surface area contributed by atoms with Gasteiger partial charge in [0.1, 0.15) is 5.82 Å². The number of anilines is 1. The lowest BCUT2D eigenvalue weighted by atomic mass is 10.3. The molecular weight excluding hydrogens is 268 g/mol. The van der Waals surface area contributed by atoms with Crippen molar-refractivity contribution in [3.05, 3.63) is 54.2 Å². The number of carbonyl (C=O) groups is 1. The zero-order valence-electron chi connectivity index (χ0n) is 11.5. The number of carbonyl (C=O) groups excluding carboxylic acids is 1.